The first-order chi connectivity index (χ1) is 11.5. The van der Waals surface area contributed by atoms with Gasteiger partial charge in [-0.05, 0) is 6.07 Å². The SMILES string of the molecule is CS(=O)(=O)CCN1C(=O)CN=C(c2ccccc2)c2ccccc21. The Kier molecular flexibility index (Phi) is 4.49. The van der Waals surface area contributed by atoms with Crippen LogP contribution >= 0.6 is 0 Å². The van der Waals surface area contributed by atoms with E-state index in [2.05, 4.69) is 4.99 Å². The van der Waals surface area contributed by atoms with E-state index in [9.17, 15) is 13.2 Å². The third-order valence-corrected chi connectivity index (χ3v) is 4.78. The van der Waals surface area contributed by atoms with Crippen LogP contribution in [0.25, 0.3) is 0 Å². The van der Waals surface area contributed by atoms with Crippen LogP contribution in [0.5, 0.6) is 0 Å². The van der Waals surface area contributed by atoms with Gasteiger partial charge in [0.15, 0.2) is 0 Å². The minimum atomic E-state index is -3.16. The predicted octanol–water partition coefficient (Wildman–Crippen LogP) is 1.92. The van der Waals surface area contributed by atoms with Crippen molar-refractivity contribution in [2.75, 3.05) is 30.0 Å². The molecule has 0 unspecified atom stereocenters. The fourth-order valence-electron chi connectivity index (χ4n) is 2.71. The molecule has 0 bridgehead atoms. The quantitative estimate of drug-likeness (QED) is 0.852. The van der Waals surface area contributed by atoms with Crippen molar-refractivity contribution in [3.05, 3.63) is 65.7 Å². The average molecular weight is 342 g/mol. The van der Waals surface area contributed by atoms with Crippen LogP contribution in [0.2, 0.25) is 0 Å². The maximum absolute atomic E-state index is 12.5. The lowest BCUT2D eigenvalue weighted by atomic mass is 10.0. The van der Waals surface area contributed by atoms with E-state index in [-0.39, 0.29) is 24.7 Å². The highest BCUT2D eigenvalue weighted by Gasteiger charge is 2.25. The van der Waals surface area contributed by atoms with Gasteiger partial charge in [-0.1, -0.05) is 48.5 Å². The minimum absolute atomic E-state index is 0.00265. The molecule has 24 heavy (non-hydrogen) atoms. The minimum Gasteiger partial charge on any atom is -0.309 e. The van der Waals surface area contributed by atoms with Gasteiger partial charge >= 0.3 is 0 Å². The van der Waals surface area contributed by atoms with E-state index in [0.717, 1.165) is 16.8 Å². The first kappa shape index (κ1) is 16.4. The molecule has 1 aliphatic heterocycles. The zero-order chi connectivity index (χ0) is 17.2. The number of amides is 1. The topological polar surface area (TPSA) is 66.8 Å². The summed E-state index contributed by atoms with van der Waals surface area (Å²) in [5.74, 6) is -0.273. The summed E-state index contributed by atoms with van der Waals surface area (Å²) in [5, 5.41) is 0. The molecule has 0 atom stereocenters. The van der Waals surface area contributed by atoms with Crippen LogP contribution in [0.15, 0.2) is 59.6 Å². The normalized spacial score (nSPS) is 14.8. The van der Waals surface area contributed by atoms with E-state index in [1.165, 1.54) is 11.2 Å². The second-order valence-electron chi connectivity index (χ2n) is 5.72. The van der Waals surface area contributed by atoms with Gasteiger partial charge in [-0.3, -0.25) is 9.79 Å². The first-order valence-electron chi connectivity index (χ1n) is 7.63. The fraction of sp³-hybridized carbons (Fsp3) is 0.222. The van der Waals surface area contributed by atoms with E-state index >= 15 is 0 Å². The lowest BCUT2D eigenvalue weighted by Crippen LogP contribution is -2.36. The van der Waals surface area contributed by atoms with Crippen molar-refractivity contribution >= 4 is 27.1 Å². The first-order valence-corrected chi connectivity index (χ1v) is 9.69. The zero-order valence-corrected chi connectivity index (χ0v) is 14.2. The highest BCUT2D eigenvalue weighted by atomic mass is 32.2. The molecule has 0 N–H and O–H groups in total. The van der Waals surface area contributed by atoms with Gasteiger partial charge in [-0.2, -0.15) is 0 Å². The van der Waals surface area contributed by atoms with Gasteiger partial charge in [0.2, 0.25) is 5.91 Å². The average Bonchev–Trinajstić information content (AvgIpc) is 2.69. The van der Waals surface area contributed by atoms with Crippen molar-refractivity contribution in [3.63, 3.8) is 0 Å². The van der Waals surface area contributed by atoms with Gasteiger partial charge in [0.25, 0.3) is 0 Å². The molecule has 0 aliphatic carbocycles. The predicted molar refractivity (Wildman–Crippen MR) is 95.5 cm³/mol. The Bertz CT molecular complexity index is 889. The molecule has 5 nitrogen and oxygen atoms in total. The third kappa shape index (κ3) is 3.54. The molecular weight excluding hydrogens is 324 g/mol. The Morgan fingerprint density at radius 1 is 1.04 bits per heavy atom. The van der Waals surface area contributed by atoms with Crippen molar-refractivity contribution < 1.29 is 13.2 Å². The van der Waals surface area contributed by atoms with Gasteiger partial charge in [-0.15, -0.1) is 0 Å². The number of fused-ring (bicyclic) bond motifs is 1. The Balaban J connectivity index is 2.05. The number of benzodiazepines with no additional fused rings is 1. The summed E-state index contributed by atoms with van der Waals surface area (Å²) in [7, 11) is -3.16. The molecule has 0 saturated carbocycles. The lowest BCUT2D eigenvalue weighted by molar-refractivity contribution is -0.117. The highest BCUT2D eigenvalue weighted by Crippen LogP contribution is 2.26. The molecule has 1 heterocycles. The van der Waals surface area contributed by atoms with Gasteiger partial charge < -0.3 is 4.90 Å². The number of nitrogens with zero attached hydrogens (tertiary/aromatic N) is 2. The molecule has 1 aliphatic rings. The van der Waals surface area contributed by atoms with E-state index in [4.69, 9.17) is 0 Å². The monoisotopic (exact) mass is 342 g/mol. The van der Waals surface area contributed by atoms with Gasteiger partial charge in [0.1, 0.15) is 16.4 Å². The lowest BCUT2D eigenvalue weighted by Gasteiger charge is -2.22. The molecule has 0 saturated heterocycles. The molecule has 0 fully saturated rings. The molecule has 0 radical (unpaired) electrons. The van der Waals surface area contributed by atoms with Crippen LogP contribution in [0.1, 0.15) is 11.1 Å². The summed E-state index contributed by atoms with van der Waals surface area (Å²) in [4.78, 5) is 18.5. The number of benzene rings is 2. The zero-order valence-electron chi connectivity index (χ0n) is 13.3. The molecule has 2 aromatic carbocycles. The summed E-state index contributed by atoms with van der Waals surface area (Å²) in [6.45, 7) is 0.134. The number of hydrogen-bond donors (Lipinski definition) is 0. The van der Waals surface area contributed by atoms with E-state index in [1.54, 1.807) is 0 Å². The van der Waals surface area contributed by atoms with Crippen LogP contribution in [-0.4, -0.2) is 45.1 Å². The second kappa shape index (κ2) is 6.57. The summed E-state index contributed by atoms with van der Waals surface area (Å²) in [6, 6.07) is 17.2. The van der Waals surface area contributed by atoms with Gasteiger partial charge in [0, 0.05) is 23.9 Å². The number of rotatable bonds is 4. The number of carbonyl (C=O) groups is 1. The molecule has 3 rings (SSSR count). The Hall–Kier alpha value is -2.47. The van der Waals surface area contributed by atoms with Crippen LogP contribution in [0.3, 0.4) is 0 Å². The fourth-order valence-corrected chi connectivity index (χ4v) is 3.22. The number of para-hydroxylation sites is 1. The van der Waals surface area contributed by atoms with Gasteiger partial charge in [-0.25, -0.2) is 8.42 Å². The maximum atomic E-state index is 12.5. The summed E-state index contributed by atoms with van der Waals surface area (Å²) in [5.41, 5.74) is 3.22. The van der Waals surface area contributed by atoms with Crippen LogP contribution < -0.4 is 4.90 Å². The highest BCUT2D eigenvalue weighted by molar-refractivity contribution is 7.90. The van der Waals surface area contributed by atoms with Crippen molar-refractivity contribution in [3.8, 4) is 0 Å². The summed E-state index contributed by atoms with van der Waals surface area (Å²) in [6.07, 6.45) is 1.17. The van der Waals surface area contributed by atoms with Crippen LogP contribution in [0, 0.1) is 0 Å². The number of anilines is 1. The van der Waals surface area contributed by atoms with Crippen LogP contribution in [0.4, 0.5) is 5.69 Å². The largest absolute Gasteiger partial charge is 0.309 e. The molecule has 1 amide bonds. The Labute approximate surface area is 141 Å². The van der Waals surface area contributed by atoms with Gasteiger partial charge in [0.05, 0.1) is 17.2 Å². The molecule has 0 spiro atoms. The van der Waals surface area contributed by atoms with E-state index in [0.29, 0.717) is 5.69 Å². The summed E-state index contributed by atoms with van der Waals surface area (Å²) < 4.78 is 23.0. The molecule has 124 valence electrons. The van der Waals surface area contributed by atoms with Crippen molar-refractivity contribution in [2.45, 2.75) is 0 Å². The Morgan fingerprint density at radius 2 is 1.71 bits per heavy atom. The third-order valence-electron chi connectivity index (χ3n) is 3.86. The van der Waals surface area contributed by atoms with Crippen molar-refractivity contribution in [1.82, 2.24) is 0 Å². The molecule has 6 heteroatoms. The van der Waals surface area contributed by atoms with Crippen LogP contribution in [-0.2, 0) is 14.6 Å². The standard InChI is InChI=1S/C18H18N2O3S/c1-24(22,23)12-11-20-16-10-6-5-9-15(16)18(19-13-17(20)21)14-7-3-2-4-8-14/h2-10H,11-13H2,1H3. The number of hydrogen-bond acceptors (Lipinski definition) is 4. The van der Waals surface area contributed by atoms with Crippen molar-refractivity contribution in [2.24, 2.45) is 4.99 Å². The second-order valence-corrected chi connectivity index (χ2v) is 7.98. The van der Waals surface area contributed by atoms with E-state index < -0.39 is 9.84 Å². The number of carbonyl (C=O) groups excluding carboxylic acids is 1. The number of sulfone groups is 1. The Morgan fingerprint density at radius 3 is 2.42 bits per heavy atom. The molecular formula is C18H18N2O3S. The van der Waals surface area contributed by atoms with Crippen molar-refractivity contribution in [1.29, 1.82) is 0 Å². The number of aliphatic imine (C=N–C) groups is 1. The molecule has 0 aromatic heterocycles. The summed E-state index contributed by atoms with van der Waals surface area (Å²) >= 11 is 0. The maximum Gasteiger partial charge on any atom is 0.248 e. The smallest absolute Gasteiger partial charge is 0.248 e. The van der Waals surface area contributed by atoms with E-state index in [1.807, 2.05) is 54.6 Å². The molecule has 2 aromatic rings.